The molecule has 2 rings (SSSR count). The second kappa shape index (κ2) is 10.2. The molecule has 7 heteroatoms. The summed E-state index contributed by atoms with van der Waals surface area (Å²) >= 11 is 3.52. The Balaban J connectivity index is 0.00000264. The van der Waals surface area contributed by atoms with Crippen LogP contribution in [0.5, 0.6) is 11.5 Å². The van der Waals surface area contributed by atoms with Crippen LogP contribution >= 0.6 is 39.9 Å². The highest BCUT2D eigenvalue weighted by atomic mass is 127. The summed E-state index contributed by atoms with van der Waals surface area (Å²) < 4.78 is 11.6. The van der Waals surface area contributed by atoms with E-state index in [-0.39, 0.29) is 24.0 Å². The van der Waals surface area contributed by atoms with Crippen LogP contribution in [0.25, 0.3) is 0 Å². The van der Waals surface area contributed by atoms with E-state index in [0.717, 1.165) is 16.0 Å². The Morgan fingerprint density at radius 1 is 1.26 bits per heavy atom. The Labute approximate surface area is 163 Å². The molecule has 0 aliphatic heterocycles. The number of nitrogens with one attached hydrogen (secondary N) is 2. The van der Waals surface area contributed by atoms with Crippen LogP contribution in [0, 0.1) is 0 Å². The Bertz CT molecular complexity index is 534. The van der Waals surface area contributed by atoms with Crippen LogP contribution in [0.2, 0.25) is 0 Å². The van der Waals surface area contributed by atoms with Crippen LogP contribution in [-0.4, -0.2) is 33.3 Å². The topological polar surface area (TPSA) is 54.9 Å². The second-order valence-electron chi connectivity index (χ2n) is 5.36. The number of nitrogens with zero attached hydrogens (tertiary/aromatic N) is 1. The van der Waals surface area contributed by atoms with E-state index in [1.807, 2.05) is 12.1 Å². The lowest BCUT2D eigenvalue weighted by Crippen LogP contribution is -2.41. The number of aliphatic imine (C=N–C) groups is 1. The molecule has 1 saturated carbocycles. The molecule has 0 unspecified atom stereocenters. The average molecular weight is 498 g/mol. The van der Waals surface area contributed by atoms with Crippen molar-refractivity contribution in [2.24, 2.45) is 4.99 Å². The van der Waals surface area contributed by atoms with Crippen LogP contribution in [0.15, 0.2) is 21.6 Å². The molecule has 0 spiro atoms. The van der Waals surface area contributed by atoms with Gasteiger partial charge in [-0.25, -0.2) is 0 Å². The van der Waals surface area contributed by atoms with E-state index in [2.05, 4.69) is 31.6 Å². The predicted octanol–water partition coefficient (Wildman–Crippen LogP) is 3.69. The maximum absolute atomic E-state index is 5.37. The molecule has 0 radical (unpaired) electrons. The van der Waals surface area contributed by atoms with Crippen molar-refractivity contribution in [1.82, 2.24) is 10.6 Å². The standard InChI is InChI=1S/C16H24BrN3O2.HI/c1-18-16(20-12-6-4-5-7-12)19-10-11-8-13(17)15(22-3)14(9-11)21-2;/h8-9,12H,4-7,10H2,1-3H3,(H2,18,19,20);1H. The zero-order valence-electron chi connectivity index (χ0n) is 13.8. The van der Waals surface area contributed by atoms with Crippen molar-refractivity contribution in [1.29, 1.82) is 0 Å². The number of rotatable bonds is 5. The molecule has 1 aromatic carbocycles. The van der Waals surface area contributed by atoms with Gasteiger partial charge in [-0.3, -0.25) is 4.99 Å². The van der Waals surface area contributed by atoms with Crippen molar-refractivity contribution in [3.63, 3.8) is 0 Å². The van der Waals surface area contributed by atoms with E-state index in [1.165, 1.54) is 25.7 Å². The van der Waals surface area contributed by atoms with Gasteiger partial charge < -0.3 is 20.1 Å². The number of benzene rings is 1. The largest absolute Gasteiger partial charge is 0.493 e. The third-order valence-corrected chi connectivity index (χ3v) is 4.46. The van der Waals surface area contributed by atoms with E-state index < -0.39 is 0 Å². The Morgan fingerprint density at radius 2 is 1.96 bits per heavy atom. The molecule has 0 heterocycles. The van der Waals surface area contributed by atoms with Gasteiger partial charge in [-0.05, 0) is 46.5 Å². The number of halogens is 2. The lowest BCUT2D eigenvalue weighted by molar-refractivity contribution is 0.352. The van der Waals surface area contributed by atoms with Gasteiger partial charge in [-0.1, -0.05) is 12.8 Å². The smallest absolute Gasteiger partial charge is 0.191 e. The fraction of sp³-hybridized carbons (Fsp3) is 0.562. The van der Waals surface area contributed by atoms with Crippen LogP contribution in [0.4, 0.5) is 0 Å². The van der Waals surface area contributed by atoms with Crippen molar-refractivity contribution in [2.45, 2.75) is 38.3 Å². The lowest BCUT2D eigenvalue weighted by Gasteiger charge is -2.17. The van der Waals surface area contributed by atoms with Gasteiger partial charge in [0.25, 0.3) is 0 Å². The minimum absolute atomic E-state index is 0. The zero-order chi connectivity index (χ0) is 15.9. The molecule has 2 N–H and O–H groups in total. The van der Waals surface area contributed by atoms with Gasteiger partial charge >= 0.3 is 0 Å². The summed E-state index contributed by atoms with van der Waals surface area (Å²) in [7, 11) is 5.07. The fourth-order valence-corrected chi connectivity index (χ4v) is 3.37. The predicted molar refractivity (Wildman–Crippen MR) is 108 cm³/mol. The maximum Gasteiger partial charge on any atom is 0.191 e. The SMILES string of the molecule is CN=C(NCc1cc(Br)c(OC)c(OC)c1)NC1CCCC1.I. The molecule has 0 aromatic heterocycles. The van der Waals surface area contributed by atoms with Crippen molar-refractivity contribution < 1.29 is 9.47 Å². The number of ether oxygens (including phenoxy) is 2. The van der Waals surface area contributed by atoms with Crippen LogP contribution in [0.1, 0.15) is 31.2 Å². The van der Waals surface area contributed by atoms with Crippen molar-refractivity contribution in [2.75, 3.05) is 21.3 Å². The molecule has 0 bridgehead atoms. The number of guanidine groups is 1. The van der Waals surface area contributed by atoms with E-state index in [9.17, 15) is 0 Å². The first-order valence-corrected chi connectivity index (χ1v) is 8.34. The molecule has 23 heavy (non-hydrogen) atoms. The van der Waals surface area contributed by atoms with Gasteiger partial charge in [0, 0.05) is 19.6 Å². The molecule has 1 aromatic rings. The molecule has 5 nitrogen and oxygen atoms in total. The molecule has 0 atom stereocenters. The number of hydrogen-bond donors (Lipinski definition) is 2. The normalized spacial score (nSPS) is 15.0. The summed E-state index contributed by atoms with van der Waals surface area (Å²) in [5.74, 6) is 2.27. The second-order valence-corrected chi connectivity index (χ2v) is 6.22. The maximum atomic E-state index is 5.37. The van der Waals surface area contributed by atoms with Crippen molar-refractivity contribution >= 4 is 45.9 Å². The molecule has 0 saturated heterocycles. The summed E-state index contributed by atoms with van der Waals surface area (Å²) in [6.45, 7) is 0.672. The number of methoxy groups -OCH3 is 2. The average Bonchev–Trinajstić information content (AvgIpc) is 3.03. The van der Waals surface area contributed by atoms with E-state index in [0.29, 0.717) is 24.1 Å². The van der Waals surface area contributed by atoms with Crippen LogP contribution in [0.3, 0.4) is 0 Å². The van der Waals surface area contributed by atoms with Gasteiger partial charge in [0.15, 0.2) is 17.5 Å². The fourth-order valence-electron chi connectivity index (χ4n) is 2.72. The minimum Gasteiger partial charge on any atom is -0.493 e. The summed E-state index contributed by atoms with van der Waals surface area (Å²) in [6.07, 6.45) is 5.06. The summed E-state index contributed by atoms with van der Waals surface area (Å²) in [5.41, 5.74) is 1.10. The van der Waals surface area contributed by atoms with E-state index in [1.54, 1.807) is 21.3 Å². The van der Waals surface area contributed by atoms with Gasteiger partial charge in [0.05, 0.1) is 18.7 Å². The molecule has 1 fully saturated rings. The zero-order valence-corrected chi connectivity index (χ0v) is 17.7. The lowest BCUT2D eigenvalue weighted by atomic mass is 10.2. The summed E-state index contributed by atoms with van der Waals surface area (Å²) in [5, 5.41) is 6.82. The summed E-state index contributed by atoms with van der Waals surface area (Å²) in [4.78, 5) is 4.29. The van der Waals surface area contributed by atoms with Crippen molar-refractivity contribution in [3.05, 3.63) is 22.2 Å². The molecular formula is C16H25BrIN3O2. The highest BCUT2D eigenvalue weighted by Crippen LogP contribution is 2.36. The summed E-state index contributed by atoms with van der Waals surface area (Å²) in [6, 6.07) is 4.54. The van der Waals surface area contributed by atoms with Gasteiger partial charge in [0.2, 0.25) is 0 Å². The Hall–Kier alpha value is -0.700. The van der Waals surface area contributed by atoms with Crippen LogP contribution in [-0.2, 0) is 6.54 Å². The van der Waals surface area contributed by atoms with E-state index >= 15 is 0 Å². The molecule has 1 aliphatic carbocycles. The first-order valence-electron chi connectivity index (χ1n) is 7.55. The molecular weight excluding hydrogens is 473 g/mol. The molecule has 1 aliphatic rings. The molecule has 130 valence electrons. The highest BCUT2D eigenvalue weighted by molar-refractivity contribution is 14.0. The quantitative estimate of drug-likeness (QED) is 0.370. The third-order valence-electron chi connectivity index (χ3n) is 3.87. The Kier molecular flexibility index (Phi) is 9.04. The minimum atomic E-state index is 0. The third kappa shape index (κ3) is 5.70. The van der Waals surface area contributed by atoms with E-state index in [4.69, 9.17) is 9.47 Å². The first-order chi connectivity index (χ1) is 10.7. The first kappa shape index (κ1) is 20.3. The van der Waals surface area contributed by atoms with Gasteiger partial charge in [0.1, 0.15) is 0 Å². The Morgan fingerprint density at radius 3 is 2.52 bits per heavy atom. The van der Waals surface area contributed by atoms with Crippen molar-refractivity contribution in [3.8, 4) is 11.5 Å². The van der Waals surface area contributed by atoms with Crippen LogP contribution < -0.4 is 20.1 Å². The monoisotopic (exact) mass is 497 g/mol. The highest BCUT2D eigenvalue weighted by Gasteiger charge is 2.16. The number of hydrogen-bond acceptors (Lipinski definition) is 3. The molecule has 0 amide bonds. The van der Waals surface area contributed by atoms with Gasteiger partial charge in [-0.15, -0.1) is 24.0 Å². The van der Waals surface area contributed by atoms with Gasteiger partial charge in [-0.2, -0.15) is 0 Å².